The van der Waals surface area contributed by atoms with Gasteiger partial charge in [0.15, 0.2) is 21.3 Å². The van der Waals surface area contributed by atoms with Gasteiger partial charge >= 0.3 is 0 Å². The van der Waals surface area contributed by atoms with Gasteiger partial charge in [0.1, 0.15) is 5.75 Å². The molecule has 1 aromatic rings. The molecule has 6 heteroatoms. The van der Waals surface area contributed by atoms with Crippen molar-refractivity contribution in [1.82, 2.24) is 0 Å². The van der Waals surface area contributed by atoms with E-state index in [1.165, 1.54) is 21.3 Å². The van der Waals surface area contributed by atoms with Crippen molar-refractivity contribution in [3.63, 3.8) is 0 Å². The molecule has 0 bridgehead atoms. The number of sulfone groups is 1. The van der Waals surface area contributed by atoms with E-state index in [0.717, 1.165) is 0 Å². The average molecular weight is 284 g/mol. The molecule has 0 aliphatic carbocycles. The molecule has 1 aromatic carbocycles. The highest BCUT2D eigenvalue weighted by Gasteiger charge is 2.17. The van der Waals surface area contributed by atoms with Crippen LogP contribution in [0, 0.1) is 12.3 Å². The molecule has 0 aromatic heterocycles. The van der Waals surface area contributed by atoms with Gasteiger partial charge < -0.3 is 14.2 Å². The maximum absolute atomic E-state index is 11.7. The topological polar surface area (TPSA) is 61.8 Å². The Hall–Kier alpha value is -1.87. The van der Waals surface area contributed by atoms with E-state index in [9.17, 15) is 8.42 Å². The summed E-state index contributed by atoms with van der Waals surface area (Å²) in [5, 5.41) is 0. The van der Waals surface area contributed by atoms with Crippen LogP contribution in [0.4, 0.5) is 0 Å². The molecule has 19 heavy (non-hydrogen) atoms. The third kappa shape index (κ3) is 3.80. The maximum atomic E-state index is 11.7. The second-order valence-electron chi connectivity index (χ2n) is 3.77. The van der Waals surface area contributed by atoms with Crippen LogP contribution < -0.4 is 14.2 Å². The second-order valence-corrected chi connectivity index (χ2v) is 5.83. The Balaban J connectivity index is 3.21. The largest absolute Gasteiger partial charge is 0.493 e. The lowest BCUT2D eigenvalue weighted by atomic mass is 10.2. The molecule has 0 aliphatic rings. The van der Waals surface area contributed by atoms with Crippen molar-refractivity contribution in [2.45, 2.75) is 5.75 Å². The average Bonchev–Trinajstić information content (AvgIpc) is 2.36. The molecule has 0 unspecified atom stereocenters. The zero-order valence-corrected chi connectivity index (χ0v) is 11.9. The van der Waals surface area contributed by atoms with Crippen LogP contribution in [0.25, 0.3) is 0 Å². The number of hydrogen-bond donors (Lipinski definition) is 0. The van der Waals surface area contributed by atoms with E-state index in [0.29, 0.717) is 22.8 Å². The monoisotopic (exact) mass is 284 g/mol. The number of hydrogen-bond acceptors (Lipinski definition) is 5. The van der Waals surface area contributed by atoms with Crippen LogP contribution in [-0.2, 0) is 15.6 Å². The Morgan fingerprint density at radius 1 is 1.11 bits per heavy atom. The molecular formula is C13H16O5S. The normalized spacial score (nSPS) is 10.6. The van der Waals surface area contributed by atoms with Gasteiger partial charge in [-0.2, -0.15) is 0 Å². The van der Waals surface area contributed by atoms with Crippen molar-refractivity contribution in [2.24, 2.45) is 0 Å². The van der Waals surface area contributed by atoms with Gasteiger partial charge in [-0.05, 0) is 17.7 Å². The minimum atomic E-state index is -3.34. The molecular weight excluding hydrogens is 268 g/mol. The predicted octanol–water partition coefficient (Wildman–Crippen LogP) is 1.26. The Bertz CT molecular complexity index is 559. The molecule has 0 saturated carbocycles. The molecule has 104 valence electrons. The van der Waals surface area contributed by atoms with Gasteiger partial charge in [-0.25, -0.2) is 8.42 Å². The van der Waals surface area contributed by atoms with E-state index in [1.807, 2.05) is 0 Å². The summed E-state index contributed by atoms with van der Waals surface area (Å²) in [7, 11) is 1.08. The van der Waals surface area contributed by atoms with Gasteiger partial charge in [0, 0.05) is 0 Å². The lowest BCUT2D eigenvalue weighted by Crippen LogP contribution is -2.08. The third-order valence-electron chi connectivity index (χ3n) is 2.41. The van der Waals surface area contributed by atoms with Gasteiger partial charge in [0.2, 0.25) is 5.75 Å². The summed E-state index contributed by atoms with van der Waals surface area (Å²) in [6.45, 7) is 0. The molecule has 5 nitrogen and oxygen atoms in total. The number of terminal acetylenes is 1. The fourth-order valence-corrected chi connectivity index (χ4v) is 2.68. The lowest BCUT2D eigenvalue weighted by molar-refractivity contribution is 0.324. The van der Waals surface area contributed by atoms with Crippen molar-refractivity contribution in [3.05, 3.63) is 17.7 Å². The Morgan fingerprint density at radius 2 is 1.63 bits per heavy atom. The van der Waals surface area contributed by atoms with Crippen LogP contribution in [0.1, 0.15) is 5.56 Å². The fourth-order valence-electron chi connectivity index (χ4n) is 1.65. The van der Waals surface area contributed by atoms with E-state index in [1.54, 1.807) is 12.1 Å². The molecule has 0 radical (unpaired) electrons. The van der Waals surface area contributed by atoms with E-state index < -0.39 is 9.84 Å². The maximum Gasteiger partial charge on any atom is 0.203 e. The van der Waals surface area contributed by atoms with E-state index in [2.05, 4.69) is 5.92 Å². The number of methoxy groups -OCH3 is 3. The summed E-state index contributed by atoms with van der Waals surface area (Å²) in [6, 6.07) is 3.19. The molecule has 0 spiro atoms. The number of rotatable bonds is 6. The quantitative estimate of drug-likeness (QED) is 0.736. The summed E-state index contributed by atoms with van der Waals surface area (Å²) < 4.78 is 38.9. The van der Waals surface area contributed by atoms with Crippen molar-refractivity contribution in [3.8, 4) is 29.6 Å². The lowest BCUT2D eigenvalue weighted by Gasteiger charge is -2.13. The second kappa shape index (κ2) is 6.34. The van der Waals surface area contributed by atoms with Crippen molar-refractivity contribution < 1.29 is 22.6 Å². The molecule has 0 saturated heterocycles. The van der Waals surface area contributed by atoms with E-state index >= 15 is 0 Å². The standard InChI is InChI=1S/C13H16O5S/c1-5-6-19(14,15)9-10-7-11(16-2)13(18-4)12(8-10)17-3/h1,7-8H,6,9H2,2-4H3. The van der Waals surface area contributed by atoms with Crippen LogP contribution in [0.15, 0.2) is 12.1 Å². The summed E-state index contributed by atoms with van der Waals surface area (Å²) >= 11 is 0. The summed E-state index contributed by atoms with van der Waals surface area (Å²) in [5.74, 6) is 2.90. The molecule has 0 fully saturated rings. The first kappa shape index (κ1) is 15.2. The van der Waals surface area contributed by atoms with Crippen LogP contribution in [0.5, 0.6) is 17.2 Å². The minimum absolute atomic E-state index is 0.173. The Kier molecular flexibility index (Phi) is 5.07. The zero-order valence-electron chi connectivity index (χ0n) is 11.1. The molecule has 0 amide bonds. The van der Waals surface area contributed by atoms with Crippen LogP contribution >= 0.6 is 0 Å². The molecule has 0 aliphatic heterocycles. The SMILES string of the molecule is C#CCS(=O)(=O)Cc1cc(OC)c(OC)c(OC)c1. The zero-order chi connectivity index (χ0) is 14.5. The summed E-state index contributed by atoms with van der Waals surface area (Å²) in [4.78, 5) is 0. The summed E-state index contributed by atoms with van der Waals surface area (Å²) in [6.07, 6.45) is 5.03. The Labute approximate surface area is 113 Å². The van der Waals surface area contributed by atoms with Gasteiger partial charge in [-0.3, -0.25) is 0 Å². The number of ether oxygens (including phenoxy) is 3. The van der Waals surface area contributed by atoms with Crippen molar-refractivity contribution in [2.75, 3.05) is 27.1 Å². The first-order valence-electron chi connectivity index (χ1n) is 5.40. The van der Waals surface area contributed by atoms with Crippen molar-refractivity contribution in [1.29, 1.82) is 0 Å². The van der Waals surface area contributed by atoms with Crippen LogP contribution in [-0.4, -0.2) is 35.5 Å². The van der Waals surface area contributed by atoms with Gasteiger partial charge in [0.25, 0.3) is 0 Å². The van der Waals surface area contributed by atoms with E-state index in [-0.39, 0.29) is 11.5 Å². The highest BCUT2D eigenvalue weighted by atomic mass is 32.2. The number of benzene rings is 1. The smallest absolute Gasteiger partial charge is 0.203 e. The van der Waals surface area contributed by atoms with Crippen LogP contribution in [0.2, 0.25) is 0 Å². The molecule has 0 N–H and O–H groups in total. The van der Waals surface area contributed by atoms with Gasteiger partial charge in [-0.15, -0.1) is 6.42 Å². The van der Waals surface area contributed by atoms with Crippen molar-refractivity contribution >= 4 is 9.84 Å². The fraction of sp³-hybridized carbons (Fsp3) is 0.385. The summed E-state index contributed by atoms with van der Waals surface area (Å²) in [5.41, 5.74) is 0.532. The predicted molar refractivity (Wildman–Crippen MR) is 72.4 cm³/mol. The van der Waals surface area contributed by atoms with Crippen LogP contribution in [0.3, 0.4) is 0 Å². The Morgan fingerprint density at radius 3 is 2.00 bits per heavy atom. The van der Waals surface area contributed by atoms with E-state index in [4.69, 9.17) is 20.6 Å². The van der Waals surface area contributed by atoms with Gasteiger partial charge in [0.05, 0.1) is 27.1 Å². The first-order chi connectivity index (χ1) is 8.97. The molecule has 0 heterocycles. The highest BCUT2D eigenvalue weighted by Crippen LogP contribution is 2.38. The molecule has 0 atom stereocenters. The molecule has 1 rings (SSSR count). The minimum Gasteiger partial charge on any atom is -0.493 e. The third-order valence-corrected chi connectivity index (χ3v) is 3.79. The van der Waals surface area contributed by atoms with Gasteiger partial charge in [-0.1, -0.05) is 5.92 Å². The first-order valence-corrected chi connectivity index (χ1v) is 7.22. The highest BCUT2D eigenvalue weighted by molar-refractivity contribution is 7.90.